The summed E-state index contributed by atoms with van der Waals surface area (Å²) in [6.07, 6.45) is 8.30. The van der Waals surface area contributed by atoms with Gasteiger partial charge in [0.2, 0.25) is 5.91 Å². The molecule has 4 nitrogen and oxygen atoms in total. The van der Waals surface area contributed by atoms with Gasteiger partial charge in [0.1, 0.15) is 0 Å². The number of hydrogen-bond donors (Lipinski definition) is 1. The van der Waals surface area contributed by atoms with Crippen molar-refractivity contribution in [3.8, 4) is 0 Å². The van der Waals surface area contributed by atoms with Crippen LogP contribution in [0.1, 0.15) is 44.9 Å². The second-order valence-corrected chi connectivity index (χ2v) is 7.14. The number of amides is 1. The van der Waals surface area contributed by atoms with E-state index in [1.807, 2.05) is 16.7 Å². The number of hydrogen-bond acceptors (Lipinski definition) is 3. The molecule has 0 spiro atoms. The maximum atomic E-state index is 11.9. The fourth-order valence-electron chi connectivity index (χ4n) is 3.45. The summed E-state index contributed by atoms with van der Waals surface area (Å²) in [7, 11) is 0. The van der Waals surface area contributed by atoms with Crippen molar-refractivity contribution in [2.75, 3.05) is 25.4 Å². The van der Waals surface area contributed by atoms with E-state index in [9.17, 15) is 4.79 Å². The third-order valence-electron chi connectivity index (χ3n) is 4.69. The van der Waals surface area contributed by atoms with E-state index < -0.39 is 0 Å². The van der Waals surface area contributed by atoms with Crippen molar-refractivity contribution in [3.05, 3.63) is 0 Å². The zero-order chi connectivity index (χ0) is 13.8. The molecule has 1 amide bonds. The molecular weight excluding hydrogens is 270 g/mol. The molecule has 2 aliphatic heterocycles. The summed E-state index contributed by atoms with van der Waals surface area (Å²) in [6, 6.07) is 0.637. The summed E-state index contributed by atoms with van der Waals surface area (Å²) in [5, 5.41) is 4.66. The molecule has 112 valence electrons. The van der Waals surface area contributed by atoms with Crippen LogP contribution in [0.2, 0.25) is 0 Å². The minimum absolute atomic E-state index is 0.281. The molecule has 3 fully saturated rings. The van der Waals surface area contributed by atoms with Gasteiger partial charge < -0.3 is 10.2 Å². The van der Waals surface area contributed by atoms with Gasteiger partial charge in [-0.2, -0.15) is 0 Å². The van der Waals surface area contributed by atoms with Crippen molar-refractivity contribution in [1.82, 2.24) is 10.2 Å². The van der Waals surface area contributed by atoms with Crippen molar-refractivity contribution in [3.63, 3.8) is 0 Å². The molecule has 0 bridgehead atoms. The highest BCUT2D eigenvalue weighted by Gasteiger charge is 2.30. The van der Waals surface area contributed by atoms with Crippen LogP contribution in [-0.4, -0.2) is 47.4 Å². The summed E-state index contributed by atoms with van der Waals surface area (Å²) in [5.41, 5.74) is 0. The highest BCUT2D eigenvalue weighted by Crippen LogP contribution is 2.31. The van der Waals surface area contributed by atoms with Crippen LogP contribution in [-0.2, 0) is 4.79 Å². The van der Waals surface area contributed by atoms with Crippen molar-refractivity contribution < 1.29 is 4.79 Å². The lowest BCUT2D eigenvalue weighted by Gasteiger charge is -2.36. The first kappa shape index (κ1) is 14.2. The van der Waals surface area contributed by atoms with Crippen molar-refractivity contribution in [1.29, 1.82) is 0 Å². The number of nitrogens with one attached hydrogen (secondary N) is 1. The molecule has 2 atom stereocenters. The minimum Gasteiger partial charge on any atom is -0.362 e. The maximum absolute atomic E-state index is 11.9. The molecule has 20 heavy (non-hydrogen) atoms. The first-order chi connectivity index (χ1) is 9.83. The van der Waals surface area contributed by atoms with Gasteiger partial charge in [-0.25, -0.2) is 0 Å². The van der Waals surface area contributed by atoms with Crippen LogP contribution in [0.4, 0.5) is 0 Å². The number of likely N-dealkylation sites (tertiary alicyclic amines) is 1. The number of amidine groups is 1. The molecule has 0 aromatic rings. The molecule has 5 heteroatoms. The van der Waals surface area contributed by atoms with Crippen LogP contribution in [0.15, 0.2) is 4.99 Å². The van der Waals surface area contributed by atoms with Gasteiger partial charge in [-0.3, -0.25) is 9.79 Å². The third-order valence-corrected chi connectivity index (χ3v) is 5.81. The molecule has 1 aliphatic carbocycles. The standard InChI is InChI=1S/C15H25N3OS/c19-14(18-9-3-4-10-18)7-8-16-15-17-13-6-2-1-5-12(13)11-20-15/h12-13H,1-11H2,(H,16,17). The first-order valence-electron chi connectivity index (χ1n) is 8.04. The molecule has 2 unspecified atom stereocenters. The molecule has 2 heterocycles. The highest BCUT2D eigenvalue weighted by molar-refractivity contribution is 8.13. The Labute approximate surface area is 125 Å². The van der Waals surface area contributed by atoms with E-state index in [1.54, 1.807) is 0 Å². The minimum atomic E-state index is 0.281. The molecular formula is C15H25N3OS. The maximum Gasteiger partial charge on any atom is 0.224 e. The van der Waals surface area contributed by atoms with Gasteiger partial charge in [-0.1, -0.05) is 24.6 Å². The monoisotopic (exact) mass is 295 g/mol. The van der Waals surface area contributed by atoms with Gasteiger partial charge >= 0.3 is 0 Å². The van der Waals surface area contributed by atoms with Crippen LogP contribution >= 0.6 is 11.8 Å². The smallest absolute Gasteiger partial charge is 0.224 e. The first-order valence-corrected chi connectivity index (χ1v) is 9.03. The fraction of sp³-hybridized carbons (Fsp3) is 0.867. The molecule has 0 aromatic carbocycles. The van der Waals surface area contributed by atoms with E-state index in [4.69, 9.17) is 0 Å². The van der Waals surface area contributed by atoms with Gasteiger partial charge in [0, 0.05) is 31.3 Å². The summed E-state index contributed by atoms with van der Waals surface area (Å²) >= 11 is 1.85. The number of aliphatic imine (C=N–C) groups is 1. The zero-order valence-electron chi connectivity index (χ0n) is 12.1. The van der Waals surface area contributed by atoms with E-state index in [2.05, 4.69) is 10.3 Å². The predicted molar refractivity (Wildman–Crippen MR) is 84.1 cm³/mol. The molecule has 1 N–H and O–H groups in total. The van der Waals surface area contributed by atoms with Crippen molar-refractivity contribution in [2.45, 2.75) is 51.0 Å². The Bertz CT molecular complexity index is 379. The van der Waals surface area contributed by atoms with E-state index in [0.29, 0.717) is 19.0 Å². The fourth-order valence-corrected chi connectivity index (χ4v) is 4.64. The molecule has 0 radical (unpaired) electrons. The largest absolute Gasteiger partial charge is 0.362 e. The Morgan fingerprint density at radius 3 is 2.90 bits per heavy atom. The van der Waals surface area contributed by atoms with Crippen LogP contribution < -0.4 is 5.32 Å². The number of nitrogens with zero attached hydrogens (tertiary/aromatic N) is 2. The average molecular weight is 295 g/mol. The van der Waals surface area contributed by atoms with Crippen LogP contribution in [0, 0.1) is 5.92 Å². The lowest BCUT2D eigenvalue weighted by molar-refractivity contribution is -0.129. The van der Waals surface area contributed by atoms with E-state index in [0.717, 1.165) is 24.2 Å². The Balaban J connectivity index is 1.43. The Hall–Kier alpha value is -0.710. The van der Waals surface area contributed by atoms with Crippen molar-refractivity contribution >= 4 is 22.8 Å². The van der Waals surface area contributed by atoms with E-state index >= 15 is 0 Å². The third kappa shape index (κ3) is 3.48. The topological polar surface area (TPSA) is 44.7 Å². The van der Waals surface area contributed by atoms with Gasteiger partial charge in [0.05, 0.1) is 6.54 Å². The Morgan fingerprint density at radius 2 is 2.05 bits per heavy atom. The Kier molecular flexibility index (Phi) is 4.86. The normalized spacial score (nSPS) is 32.0. The second kappa shape index (κ2) is 6.83. The molecule has 3 aliphatic rings. The van der Waals surface area contributed by atoms with Gasteiger partial charge in [0.15, 0.2) is 5.17 Å². The number of rotatable bonds is 3. The quantitative estimate of drug-likeness (QED) is 0.868. The van der Waals surface area contributed by atoms with Crippen LogP contribution in [0.3, 0.4) is 0 Å². The lowest BCUT2D eigenvalue weighted by atomic mass is 9.86. The summed E-state index contributed by atoms with van der Waals surface area (Å²) in [6.45, 7) is 2.54. The number of thioether (sulfide) groups is 1. The average Bonchev–Trinajstić information content (AvgIpc) is 3.01. The zero-order valence-corrected chi connectivity index (χ0v) is 13.0. The molecule has 1 saturated carbocycles. The lowest BCUT2D eigenvalue weighted by Crippen LogP contribution is -2.46. The van der Waals surface area contributed by atoms with E-state index in [1.165, 1.54) is 44.3 Å². The highest BCUT2D eigenvalue weighted by atomic mass is 32.2. The number of fused-ring (bicyclic) bond motifs is 1. The SMILES string of the molecule is O=C(CCN=C1NC2CCCCC2CS1)N1CCCC1. The van der Waals surface area contributed by atoms with Gasteiger partial charge in [-0.15, -0.1) is 0 Å². The summed E-state index contributed by atoms with van der Waals surface area (Å²) < 4.78 is 0. The second-order valence-electron chi connectivity index (χ2n) is 6.13. The van der Waals surface area contributed by atoms with Gasteiger partial charge in [-0.05, 0) is 31.6 Å². The van der Waals surface area contributed by atoms with Gasteiger partial charge in [0.25, 0.3) is 0 Å². The Morgan fingerprint density at radius 1 is 1.25 bits per heavy atom. The predicted octanol–water partition coefficient (Wildman–Crippen LogP) is 2.25. The van der Waals surface area contributed by atoms with Crippen LogP contribution in [0.25, 0.3) is 0 Å². The van der Waals surface area contributed by atoms with Crippen molar-refractivity contribution in [2.24, 2.45) is 10.9 Å². The number of carbonyl (C=O) groups is 1. The number of carbonyl (C=O) groups excluding carboxylic acids is 1. The molecule has 3 rings (SSSR count). The summed E-state index contributed by atoms with van der Waals surface area (Å²) in [4.78, 5) is 18.5. The summed E-state index contributed by atoms with van der Waals surface area (Å²) in [5.74, 6) is 2.32. The van der Waals surface area contributed by atoms with E-state index in [-0.39, 0.29) is 5.91 Å². The molecule has 0 aromatic heterocycles. The molecule has 2 saturated heterocycles. The van der Waals surface area contributed by atoms with Crippen LogP contribution in [0.5, 0.6) is 0 Å².